The number of aromatic nitrogens is 2. The number of carbonyl (C=O) groups excluding carboxylic acids is 2. The molecule has 0 N–H and O–H groups in total. The lowest BCUT2D eigenvalue weighted by Crippen LogP contribution is -2.42. The number of hydrogen-bond acceptors (Lipinski definition) is 4. The predicted molar refractivity (Wildman–Crippen MR) is 95.0 cm³/mol. The molecule has 0 saturated carbocycles. The molecule has 0 spiro atoms. The van der Waals surface area contributed by atoms with Crippen molar-refractivity contribution in [3.63, 3.8) is 0 Å². The Bertz CT molecular complexity index is 619. The first-order valence-electron chi connectivity index (χ1n) is 9.14. The molecule has 7 nitrogen and oxygen atoms in total. The Morgan fingerprint density at radius 1 is 1.32 bits per heavy atom. The van der Waals surface area contributed by atoms with Gasteiger partial charge in [-0.05, 0) is 26.9 Å². The lowest BCUT2D eigenvalue weighted by molar-refractivity contribution is -0.136. The summed E-state index contributed by atoms with van der Waals surface area (Å²) < 4.78 is 2.07. The van der Waals surface area contributed by atoms with Crippen molar-refractivity contribution in [3.05, 3.63) is 18.2 Å². The van der Waals surface area contributed by atoms with Crippen LogP contribution in [-0.2, 0) is 16.6 Å². The van der Waals surface area contributed by atoms with E-state index in [2.05, 4.69) is 14.5 Å². The maximum Gasteiger partial charge on any atom is 0.227 e. The number of hydrogen-bond donors (Lipinski definition) is 0. The zero-order chi connectivity index (χ0) is 18.0. The molecule has 2 fully saturated rings. The summed E-state index contributed by atoms with van der Waals surface area (Å²) in [6.45, 7) is 3.64. The summed E-state index contributed by atoms with van der Waals surface area (Å²) in [5.41, 5.74) is 0. The minimum absolute atomic E-state index is 0.114. The van der Waals surface area contributed by atoms with Crippen molar-refractivity contribution in [2.45, 2.75) is 25.2 Å². The molecule has 138 valence electrons. The van der Waals surface area contributed by atoms with Gasteiger partial charge in [0.15, 0.2) is 0 Å². The number of rotatable bonds is 5. The van der Waals surface area contributed by atoms with E-state index in [9.17, 15) is 9.59 Å². The number of imidazole rings is 1. The fourth-order valence-corrected chi connectivity index (χ4v) is 3.86. The highest BCUT2D eigenvalue weighted by molar-refractivity contribution is 5.89. The van der Waals surface area contributed by atoms with Gasteiger partial charge in [0.2, 0.25) is 11.8 Å². The summed E-state index contributed by atoms with van der Waals surface area (Å²) in [6.07, 6.45) is 6.06. The number of carbonyl (C=O) groups is 2. The van der Waals surface area contributed by atoms with E-state index in [1.807, 2.05) is 43.3 Å². The smallest absolute Gasteiger partial charge is 0.227 e. The number of nitrogens with zero attached hydrogens (tertiary/aromatic N) is 5. The van der Waals surface area contributed by atoms with Crippen molar-refractivity contribution >= 4 is 11.8 Å². The summed E-state index contributed by atoms with van der Waals surface area (Å²) in [7, 11) is 6.01. The summed E-state index contributed by atoms with van der Waals surface area (Å²) in [4.78, 5) is 35.3. The fraction of sp³-hybridized carbons (Fsp3) is 0.722. The molecule has 2 aliphatic rings. The van der Waals surface area contributed by atoms with E-state index >= 15 is 0 Å². The highest BCUT2D eigenvalue weighted by atomic mass is 16.2. The van der Waals surface area contributed by atoms with E-state index < -0.39 is 0 Å². The zero-order valence-electron chi connectivity index (χ0n) is 15.5. The van der Waals surface area contributed by atoms with Gasteiger partial charge in [0.25, 0.3) is 0 Å². The second-order valence-electron chi connectivity index (χ2n) is 7.54. The van der Waals surface area contributed by atoms with Crippen LogP contribution in [0, 0.1) is 5.92 Å². The first kappa shape index (κ1) is 17.9. The Hall–Kier alpha value is -1.89. The molecule has 0 bridgehead atoms. The number of piperidine rings is 1. The van der Waals surface area contributed by atoms with Crippen LogP contribution >= 0.6 is 0 Å². The van der Waals surface area contributed by atoms with E-state index in [-0.39, 0.29) is 17.7 Å². The lowest BCUT2D eigenvalue weighted by atomic mass is 9.94. The standard InChI is InChI=1S/C18H29N5O2/c1-20(2)10-11-23-13-15(12-16(23)24)18(25)22-7-4-14(5-8-22)17-19-6-9-21(17)3/h6,9,14-15H,4-5,7-8,10-13H2,1-3H3/t15-/m1/s1. The van der Waals surface area contributed by atoms with Gasteiger partial charge in [-0.25, -0.2) is 4.98 Å². The number of likely N-dealkylation sites (N-methyl/N-ethyl adjacent to an activating group) is 1. The second kappa shape index (κ2) is 7.56. The molecule has 0 aromatic carbocycles. The van der Waals surface area contributed by atoms with Crippen LogP contribution in [0.5, 0.6) is 0 Å². The van der Waals surface area contributed by atoms with Crippen molar-refractivity contribution < 1.29 is 9.59 Å². The van der Waals surface area contributed by atoms with E-state index in [4.69, 9.17) is 0 Å². The third-order valence-electron chi connectivity index (χ3n) is 5.41. The molecule has 0 aliphatic carbocycles. The first-order chi connectivity index (χ1) is 12.0. The maximum absolute atomic E-state index is 12.8. The van der Waals surface area contributed by atoms with Gasteiger partial charge >= 0.3 is 0 Å². The largest absolute Gasteiger partial charge is 0.342 e. The quantitative estimate of drug-likeness (QED) is 0.780. The molecule has 0 unspecified atom stereocenters. The molecule has 25 heavy (non-hydrogen) atoms. The minimum Gasteiger partial charge on any atom is -0.342 e. The lowest BCUT2D eigenvalue weighted by Gasteiger charge is -2.33. The zero-order valence-corrected chi connectivity index (χ0v) is 15.5. The van der Waals surface area contributed by atoms with E-state index in [0.29, 0.717) is 25.4 Å². The van der Waals surface area contributed by atoms with Gasteiger partial charge in [-0.15, -0.1) is 0 Å². The Kier molecular flexibility index (Phi) is 5.42. The van der Waals surface area contributed by atoms with Gasteiger partial charge in [-0.1, -0.05) is 0 Å². The van der Waals surface area contributed by atoms with E-state index in [1.165, 1.54) is 0 Å². The van der Waals surface area contributed by atoms with Crippen molar-refractivity contribution in [2.24, 2.45) is 13.0 Å². The van der Waals surface area contributed by atoms with Crippen LogP contribution in [0.25, 0.3) is 0 Å². The van der Waals surface area contributed by atoms with Crippen LogP contribution < -0.4 is 0 Å². The number of likely N-dealkylation sites (tertiary alicyclic amines) is 2. The monoisotopic (exact) mass is 347 g/mol. The topological polar surface area (TPSA) is 61.7 Å². The van der Waals surface area contributed by atoms with Crippen LogP contribution in [0.2, 0.25) is 0 Å². The highest BCUT2D eigenvalue weighted by Crippen LogP contribution is 2.28. The maximum atomic E-state index is 12.8. The minimum atomic E-state index is -0.167. The summed E-state index contributed by atoms with van der Waals surface area (Å²) in [5.74, 6) is 1.63. The fourth-order valence-electron chi connectivity index (χ4n) is 3.86. The highest BCUT2D eigenvalue weighted by Gasteiger charge is 2.37. The van der Waals surface area contributed by atoms with Crippen molar-refractivity contribution in [2.75, 3.05) is 46.8 Å². The Morgan fingerprint density at radius 2 is 2.04 bits per heavy atom. The van der Waals surface area contributed by atoms with Gasteiger partial charge in [0.05, 0.1) is 5.92 Å². The molecule has 3 rings (SSSR count). The third-order valence-corrected chi connectivity index (χ3v) is 5.41. The molecule has 7 heteroatoms. The van der Waals surface area contributed by atoms with E-state index in [1.54, 1.807) is 0 Å². The molecule has 1 atom stereocenters. The van der Waals surface area contributed by atoms with Crippen LogP contribution in [0.4, 0.5) is 0 Å². The van der Waals surface area contributed by atoms with Gasteiger partial charge in [0.1, 0.15) is 5.82 Å². The molecule has 1 aromatic heterocycles. The van der Waals surface area contributed by atoms with Crippen LogP contribution in [0.15, 0.2) is 12.4 Å². The second-order valence-corrected chi connectivity index (χ2v) is 7.54. The molecule has 0 radical (unpaired) electrons. The van der Waals surface area contributed by atoms with Crippen LogP contribution in [0.1, 0.15) is 31.0 Å². The molecule has 3 heterocycles. The summed E-state index contributed by atoms with van der Waals surface area (Å²) in [6, 6.07) is 0. The third kappa shape index (κ3) is 4.03. The molecule has 2 saturated heterocycles. The molecule has 2 amide bonds. The number of aryl methyl sites for hydroxylation is 1. The van der Waals surface area contributed by atoms with Crippen molar-refractivity contribution in [3.8, 4) is 0 Å². The van der Waals surface area contributed by atoms with Crippen LogP contribution in [-0.4, -0.2) is 82.9 Å². The number of amides is 2. The van der Waals surface area contributed by atoms with Crippen molar-refractivity contribution in [1.82, 2.24) is 24.3 Å². The normalized spacial score (nSPS) is 22.2. The SMILES string of the molecule is CN(C)CCN1C[C@H](C(=O)N2CCC(c3nccn3C)CC2)CC1=O. The van der Waals surface area contributed by atoms with Crippen LogP contribution in [0.3, 0.4) is 0 Å². The first-order valence-corrected chi connectivity index (χ1v) is 9.14. The Balaban J connectivity index is 1.51. The summed E-state index contributed by atoms with van der Waals surface area (Å²) in [5, 5.41) is 0. The van der Waals surface area contributed by atoms with Gasteiger partial charge in [0, 0.05) is 64.5 Å². The van der Waals surface area contributed by atoms with Gasteiger partial charge < -0.3 is 19.3 Å². The molecule has 1 aromatic rings. The molecular formula is C18H29N5O2. The predicted octanol–water partition coefficient (Wildman–Crippen LogP) is 0.536. The van der Waals surface area contributed by atoms with E-state index in [0.717, 1.165) is 38.3 Å². The van der Waals surface area contributed by atoms with Gasteiger partial charge in [-0.3, -0.25) is 9.59 Å². The van der Waals surface area contributed by atoms with Gasteiger partial charge in [-0.2, -0.15) is 0 Å². The Labute approximate surface area is 149 Å². The molecule has 2 aliphatic heterocycles. The Morgan fingerprint density at radius 3 is 2.64 bits per heavy atom. The molecular weight excluding hydrogens is 318 g/mol. The average molecular weight is 347 g/mol. The van der Waals surface area contributed by atoms with Crippen molar-refractivity contribution in [1.29, 1.82) is 0 Å². The average Bonchev–Trinajstić information content (AvgIpc) is 3.18. The summed E-state index contributed by atoms with van der Waals surface area (Å²) >= 11 is 0.